The summed E-state index contributed by atoms with van der Waals surface area (Å²) in [5.74, 6) is 0. The molecule has 1 aliphatic heterocycles. The monoisotopic (exact) mass is 282 g/mol. The molecule has 0 atom stereocenters. The van der Waals surface area contributed by atoms with E-state index in [-0.39, 0.29) is 0 Å². The van der Waals surface area contributed by atoms with Crippen molar-refractivity contribution in [1.29, 1.82) is 0 Å². The van der Waals surface area contributed by atoms with Crippen LogP contribution in [0.3, 0.4) is 0 Å². The number of hydrogen-bond acceptors (Lipinski definition) is 4. The first-order valence-corrected chi connectivity index (χ1v) is 6.97. The van der Waals surface area contributed by atoms with Crippen LogP contribution in [0.25, 0.3) is 5.65 Å². The Morgan fingerprint density at radius 1 is 1.26 bits per heavy atom. The minimum absolute atomic E-state index is 0.483. The number of halogens is 1. The lowest BCUT2D eigenvalue weighted by Crippen LogP contribution is -2.36. The van der Waals surface area contributed by atoms with E-state index in [1.54, 1.807) is 4.52 Å². The fourth-order valence-corrected chi connectivity index (χ4v) is 2.27. The maximum Gasteiger partial charge on any atom is 0.177 e. The van der Waals surface area contributed by atoms with Gasteiger partial charge < -0.3 is 9.64 Å². The van der Waals surface area contributed by atoms with Gasteiger partial charge in [-0.3, -0.25) is 0 Å². The molecule has 1 saturated heterocycles. The van der Waals surface area contributed by atoms with Crippen LogP contribution in [0.2, 0.25) is 5.15 Å². The molecule has 104 valence electrons. The van der Waals surface area contributed by atoms with E-state index in [1.807, 2.05) is 33.0 Å². The van der Waals surface area contributed by atoms with Crippen LogP contribution in [0.15, 0.2) is 12.3 Å². The highest BCUT2D eigenvalue weighted by molar-refractivity contribution is 6.29. The zero-order valence-electron chi connectivity index (χ0n) is 11.6. The maximum atomic E-state index is 6.03. The van der Waals surface area contributed by atoms with Crippen LogP contribution in [0.4, 0.5) is 5.69 Å². The Balaban J connectivity index is 0.000000637. The third-order valence-corrected chi connectivity index (χ3v) is 3.03. The van der Waals surface area contributed by atoms with E-state index in [2.05, 4.69) is 15.0 Å². The zero-order chi connectivity index (χ0) is 13.8. The molecule has 1 fully saturated rings. The number of morpholine rings is 1. The topological polar surface area (TPSA) is 42.7 Å². The van der Waals surface area contributed by atoms with E-state index < -0.39 is 0 Å². The summed E-state index contributed by atoms with van der Waals surface area (Å²) in [5.41, 5.74) is 2.82. The van der Waals surface area contributed by atoms with Gasteiger partial charge >= 0.3 is 0 Å². The molecule has 19 heavy (non-hydrogen) atoms. The standard InChI is InChI=1S/C11H13ClN4O.C2H6/c1-8-7-16-11(13-8)9(6-10(12)14-16)15-2-4-17-5-3-15;1-2/h6-7H,2-5H2,1H3;1-2H3. The fourth-order valence-electron chi connectivity index (χ4n) is 2.08. The summed E-state index contributed by atoms with van der Waals surface area (Å²) in [7, 11) is 0. The molecule has 6 heteroatoms. The molecule has 0 radical (unpaired) electrons. The Kier molecular flexibility index (Phi) is 4.61. The van der Waals surface area contributed by atoms with Crippen molar-refractivity contribution < 1.29 is 4.74 Å². The van der Waals surface area contributed by atoms with Crippen LogP contribution in [-0.2, 0) is 4.74 Å². The molecule has 0 unspecified atom stereocenters. The van der Waals surface area contributed by atoms with Gasteiger partial charge in [0.2, 0.25) is 0 Å². The van der Waals surface area contributed by atoms with Crippen molar-refractivity contribution in [1.82, 2.24) is 14.6 Å². The van der Waals surface area contributed by atoms with Gasteiger partial charge in [0, 0.05) is 19.2 Å². The Labute approximate surface area is 118 Å². The van der Waals surface area contributed by atoms with Crippen molar-refractivity contribution in [2.45, 2.75) is 20.8 Å². The highest BCUT2D eigenvalue weighted by atomic mass is 35.5. The van der Waals surface area contributed by atoms with E-state index in [4.69, 9.17) is 16.3 Å². The van der Waals surface area contributed by atoms with Gasteiger partial charge in [-0.1, -0.05) is 25.4 Å². The van der Waals surface area contributed by atoms with E-state index in [0.717, 1.165) is 43.3 Å². The molecule has 0 spiro atoms. The second-order valence-corrected chi connectivity index (χ2v) is 4.49. The average Bonchev–Trinajstić information content (AvgIpc) is 2.81. The molecular formula is C13H19ClN4O. The van der Waals surface area contributed by atoms with Crippen molar-refractivity contribution in [3.63, 3.8) is 0 Å². The van der Waals surface area contributed by atoms with E-state index in [9.17, 15) is 0 Å². The SMILES string of the molecule is CC.Cc1cn2nc(Cl)cc(N3CCOCC3)c2n1. The van der Waals surface area contributed by atoms with Gasteiger partial charge in [-0.25, -0.2) is 9.50 Å². The lowest BCUT2D eigenvalue weighted by Gasteiger charge is -2.28. The molecule has 2 aromatic heterocycles. The predicted octanol–water partition coefficient (Wildman–Crippen LogP) is 2.55. The lowest BCUT2D eigenvalue weighted by atomic mass is 10.3. The Hall–Kier alpha value is -1.33. The number of nitrogens with zero attached hydrogens (tertiary/aromatic N) is 4. The van der Waals surface area contributed by atoms with E-state index in [0.29, 0.717) is 5.15 Å². The molecule has 1 aliphatic rings. The number of anilines is 1. The molecule has 0 aromatic carbocycles. The van der Waals surface area contributed by atoms with E-state index >= 15 is 0 Å². The smallest absolute Gasteiger partial charge is 0.177 e. The number of aromatic nitrogens is 3. The van der Waals surface area contributed by atoms with Crippen molar-refractivity contribution in [2.75, 3.05) is 31.2 Å². The largest absolute Gasteiger partial charge is 0.378 e. The van der Waals surface area contributed by atoms with Gasteiger partial charge in [0.05, 0.1) is 30.8 Å². The average molecular weight is 283 g/mol. The first-order valence-electron chi connectivity index (χ1n) is 6.59. The van der Waals surface area contributed by atoms with Gasteiger partial charge in [-0.05, 0) is 6.92 Å². The predicted molar refractivity (Wildman–Crippen MR) is 77.1 cm³/mol. The Morgan fingerprint density at radius 3 is 2.63 bits per heavy atom. The Morgan fingerprint density at radius 2 is 1.95 bits per heavy atom. The third-order valence-electron chi connectivity index (χ3n) is 2.85. The number of fused-ring (bicyclic) bond motifs is 1. The molecule has 0 amide bonds. The minimum atomic E-state index is 0.483. The molecule has 0 N–H and O–H groups in total. The van der Waals surface area contributed by atoms with Crippen LogP contribution in [0.1, 0.15) is 19.5 Å². The maximum absolute atomic E-state index is 6.03. The van der Waals surface area contributed by atoms with Gasteiger partial charge in [0.15, 0.2) is 10.8 Å². The molecule has 0 saturated carbocycles. The van der Waals surface area contributed by atoms with Crippen molar-refractivity contribution in [3.8, 4) is 0 Å². The summed E-state index contributed by atoms with van der Waals surface area (Å²) in [4.78, 5) is 6.72. The van der Waals surface area contributed by atoms with Crippen molar-refractivity contribution >= 4 is 22.9 Å². The zero-order valence-corrected chi connectivity index (χ0v) is 12.3. The number of rotatable bonds is 1. The summed E-state index contributed by atoms with van der Waals surface area (Å²) in [5, 5.41) is 4.70. The lowest BCUT2D eigenvalue weighted by molar-refractivity contribution is 0.123. The van der Waals surface area contributed by atoms with Crippen molar-refractivity contribution in [2.24, 2.45) is 0 Å². The second-order valence-electron chi connectivity index (χ2n) is 4.10. The highest BCUT2D eigenvalue weighted by Crippen LogP contribution is 2.24. The summed E-state index contributed by atoms with van der Waals surface area (Å²) >= 11 is 6.03. The highest BCUT2D eigenvalue weighted by Gasteiger charge is 2.17. The molecule has 0 bridgehead atoms. The number of imidazole rings is 1. The van der Waals surface area contributed by atoms with Crippen LogP contribution in [0, 0.1) is 6.92 Å². The summed E-state index contributed by atoms with van der Waals surface area (Å²) in [6, 6.07) is 1.87. The molecule has 0 aliphatic carbocycles. The molecule has 2 aromatic rings. The molecule has 5 nitrogen and oxygen atoms in total. The number of aryl methyl sites for hydroxylation is 1. The van der Waals surface area contributed by atoms with Gasteiger partial charge in [-0.15, -0.1) is 0 Å². The first kappa shape index (κ1) is 14.1. The van der Waals surface area contributed by atoms with Crippen molar-refractivity contribution in [3.05, 3.63) is 23.1 Å². The fraction of sp³-hybridized carbons (Fsp3) is 0.538. The summed E-state index contributed by atoms with van der Waals surface area (Å²) < 4.78 is 7.09. The van der Waals surface area contributed by atoms with Crippen LogP contribution in [-0.4, -0.2) is 40.9 Å². The normalized spacial score (nSPS) is 15.3. The summed E-state index contributed by atoms with van der Waals surface area (Å²) in [6.45, 7) is 9.16. The summed E-state index contributed by atoms with van der Waals surface area (Å²) in [6.07, 6.45) is 1.88. The minimum Gasteiger partial charge on any atom is -0.378 e. The quantitative estimate of drug-likeness (QED) is 0.806. The van der Waals surface area contributed by atoms with Crippen LogP contribution in [0.5, 0.6) is 0 Å². The van der Waals surface area contributed by atoms with Gasteiger partial charge in [0.1, 0.15) is 0 Å². The van der Waals surface area contributed by atoms with Crippen LogP contribution >= 0.6 is 11.6 Å². The van der Waals surface area contributed by atoms with Gasteiger partial charge in [0.25, 0.3) is 0 Å². The number of ether oxygens (including phenoxy) is 1. The molecular weight excluding hydrogens is 264 g/mol. The van der Waals surface area contributed by atoms with Crippen LogP contribution < -0.4 is 4.90 Å². The second kappa shape index (κ2) is 6.21. The third kappa shape index (κ3) is 2.98. The first-order chi connectivity index (χ1) is 9.24. The molecule has 3 heterocycles. The molecule has 3 rings (SSSR count). The Bertz CT molecular complexity index is 549. The van der Waals surface area contributed by atoms with E-state index in [1.165, 1.54) is 0 Å². The number of hydrogen-bond donors (Lipinski definition) is 0. The van der Waals surface area contributed by atoms with Gasteiger partial charge in [-0.2, -0.15) is 5.10 Å².